The maximum Gasteiger partial charge on any atom is 0.0472 e. The molecule has 64 valence electrons. The van der Waals surface area contributed by atoms with E-state index in [1.807, 2.05) is 0 Å². The van der Waals surface area contributed by atoms with Crippen LogP contribution in [0.25, 0.3) is 0 Å². The molecule has 0 aromatic heterocycles. The predicted octanol–water partition coefficient (Wildman–Crippen LogP) is 2.82. The topological polar surface area (TPSA) is 12.0 Å². The van der Waals surface area contributed by atoms with E-state index in [2.05, 4.69) is 35.7 Å². The van der Waals surface area contributed by atoms with Crippen molar-refractivity contribution in [1.29, 1.82) is 0 Å². The van der Waals surface area contributed by atoms with Crippen molar-refractivity contribution in [2.45, 2.75) is 25.7 Å². The lowest BCUT2D eigenvalue weighted by Crippen LogP contribution is -2.04. The lowest BCUT2D eigenvalue weighted by Gasteiger charge is -2.18. The van der Waals surface area contributed by atoms with Gasteiger partial charge < -0.3 is 4.72 Å². The van der Waals surface area contributed by atoms with Gasteiger partial charge in [0.15, 0.2) is 0 Å². The highest BCUT2D eigenvalue weighted by molar-refractivity contribution is 7.81. The molecular formula is C10H13NS. The SMILES string of the molecule is SNc1cccc2c1CCCC2. The number of nitrogens with one attached hydrogen (secondary N) is 1. The average Bonchev–Trinajstić information content (AvgIpc) is 2.17. The lowest BCUT2D eigenvalue weighted by molar-refractivity contribution is 0.687. The van der Waals surface area contributed by atoms with Crippen LogP contribution in [-0.2, 0) is 12.8 Å². The van der Waals surface area contributed by atoms with Gasteiger partial charge in [0.25, 0.3) is 0 Å². The molecule has 0 unspecified atom stereocenters. The first-order valence-corrected chi connectivity index (χ1v) is 4.87. The molecule has 0 saturated heterocycles. The first-order chi connectivity index (χ1) is 5.92. The second kappa shape index (κ2) is 3.40. The van der Waals surface area contributed by atoms with Gasteiger partial charge in [-0.1, -0.05) is 24.9 Å². The summed E-state index contributed by atoms with van der Waals surface area (Å²) >= 11 is 4.09. The minimum atomic E-state index is 1.19. The molecule has 0 fully saturated rings. The molecule has 1 nitrogen and oxygen atoms in total. The molecule has 1 aliphatic rings. The van der Waals surface area contributed by atoms with E-state index in [1.54, 1.807) is 0 Å². The Hall–Kier alpha value is -0.630. The van der Waals surface area contributed by atoms with E-state index in [-0.39, 0.29) is 0 Å². The number of aryl methyl sites for hydroxylation is 1. The molecule has 2 heteroatoms. The number of hydrogen-bond acceptors (Lipinski definition) is 2. The summed E-state index contributed by atoms with van der Waals surface area (Å²) in [6.07, 6.45) is 5.10. The molecule has 0 saturated carbocycles. The van der Waals surface area contributed by atoms with Crippen LogP contribution in [0.3, 0.4) is 0 Å². The van der Waals surface area contributed by atoms with Gasteiger partial charge in [-0.15, -0.1) is 0 Å². The average molecular weight is 179 g/mol. The molecule has 0 amide bonds. The number of thiol groups is 1. The molecule has 1 aliphatic carbocycles. The molecule has 0 bridgehead atoms. The Kier molecular flexibility index (Phi) is 2.26. The van der Waals surface area contributed by atoms with E-state index in [9.17, 15) is 0 Å². The molecule has 1 N–H and O–H groups in total. The Morgan fingerprint density at radius 2 is 2.00 bits per heavy atom. The van der Waals surface area contributed by atoms with Crippen molar-refractivity contribution in [2.75, 3.05) is 4.72 Å². The summed E-state index contributed by atoms with van der Waals surface area (Å²) in [4.78, 5) is 0. The van der Waals surface area contributed by atoms with E-state index in [4.69, 9.17) is 0 Å². The van der Waals surface area contributed by atoms with Gasteiger partial charge in [-0.2, -0.15) is 0 Å². The van der Waals surface area contributed by atoms with Crippen molar-refractivity contribution in [3.63, 3.8) is 0 Å². The first kappa shape index (κ1) is 7.99. The van der Waals surface area contributed by atoms with Crippen LogP contribution in [-0.4, -0.2) is 0 Å². The van der Waals surface area contributed by atoms with Crippen LogP contribution in [0.4, 0.5) is 5.69 Å². The largest absolute Gasteiger partial charge is 0.332 e. The van der Waals surface area contributed by atoms with Gasteiger partial charge in [0.1, 0.15) is 0 Å². The first-order valence-electron chi connectivity index (χ1n) is 4.42. The van der Waals surface area contributed by atoms with E-state index in [0.717, 1.165) is 0 Å². The molecule has 1 aromatic rings. The minimum absolute atomic E-state index is 1.19. The van der Waals surface area contributed by atoms with E-state index in [1.165, 1.54) is 42.5 Å². The van der Waals surface area contributed by atoms with Crippen LogP contribution < -0.4 is 4.72 Å². The van der Waals surface area contributed by atoms with Gasteiger partial charge in [-0.25, -0.2) is 0 Å². The molecular weight excluding hydrogens is 166 g/mol. The van der Waals surface area contributed by atoms with Crippen LogP contribution in [0.15, 0.2) is 18.2 Å². The molecule has 0 radical (unpaired) electrons. The summed E-state index contributed by atoms with van der Waals surface area (Å²) in [5.41, 5.74) is 4.16. The summed E-state index contributed by atoms with van der Waals surface area (Å²) in [6, 6.07) is 6.42. The van der Waals surface area contributed by atoms with E-state index in [0.29, 0.717) is 0 Å². The summed E-state index contributed by atoms with van der Waals surface area (Å²) in [6.45, 7) is 0. The van der Waals surface area contributed by atoms with Gasteiger partial charge in [0.2, 0.25) is 0 Å². The maximum atomic E-state index is 4.09. The zero-order chi connectivity index (χ0) is 8.39. The van der Waals surface area contributed by atoms with E-state index < -0.39 is 0 Å². The highest BCUT2D eigenvalue weighted by atomic mass is 32.1. The van der Waals surface area contributed by atoms with Gasteiger partial charge in [0.05, 0.1) is 0 Å². The summed E-state index contributed by atoms with van der Waals surface area (Å²) in [5.74, 6) is 0. The second-order valence-corrected chi connectivity index (χ2v) is 3.49. The second-order valence-electron chi connectivity index (χ2n) is 3.26. The van der Waals surface area contributed by atoms with Crippen LogP contribution in [0.1, 0.15) is 24.0 Å². The highest BCUT2D eigenvalue weighted by Gasteiger charge is 2.11. The molecule has 0 atom stereocenters. The summed E-state index contributed by atoms with van der Waals surface area (Å²) < 4.78 is 2.95. The van der Waals surface area contributed by atoms with Gasteiger partial charge in [-0.3, -0.25) is 0 Å². The zero-order valence-electron chi connectivity index (χ0n) is 7.01. The third-order valence-electron chi connectivity index (χ3n) is 2.52. The Bertz CT molecular complexity index is 269. The summed E-state index contributed by atoms with van der Waals surface area (Å²) in [5, 5.41) is 0. The number of fused-ring (bicyclic) bond motifs is 1. The van der Waals surface area contributed by atoms with Crippen LogP contribution in [0, 0.1) is 0 Å². The van der Waals surface area contributed by atoms with Crippen LogP contribution in [0.5, 0.6) is 0 Å². The fourth-order valence-electron chi connectivity index (χ4n) is 1.89. The highest BCUT2D eigenvalue weighted by Crippen LogP contribution is 2.27. The van der Waals surface area contributed by atoms with Crippen molar-refractivity contribution in [3.05, 3.63) is 29.3 Å². The molecule has 1 aromatic carbocycles. The third-order valence-corrected chi connectivity index (χ3v) is 2.76. The normalized spacial score (nSPS) is 15.4. The monoisotopic (exact) mass is 179 g/mol. The van der Waals surface area contributed by atoms with Crippen LogP contribution >= 0.6 is 12.8 Å². The fraction of sp³-hybridized carbons (Fsp3) is 0.400. The van der Waals surface area contributed by atoms with Gasteiger partial charge in [0, 0.05) is 5.69 Å². The van der Waals surface area contributed by atoms with Crippen molar-refractivity contribution < 1.29 is 0 Å². The smallest absolute Gasteiger partial charge is 0.0472 e. The Labute approximate surface area is 78.7 Å². The quantitative estimate of drug-likeness (QED) is 0.632. The Balaban J connectivity index is 2.44. The molecule has 0 spiro atoms. The minimum Gasteiger partial charge on any atom is -0.332 e. The number of anilines is 1. The summed E-state index contributed by atoms with van der Waals surface area (Å²) in [7, 11) is 0. The van der Waals surface area contributed by atoms with Crippen molar-refractivity contribution in [3.8, 4) is 0 Å². The predicted molar refractivity (Wildman–Crippen MR) is 55.7 cm³/mol. The third kappa shape index (κ3) is 1.31. The molecule has 0 heterocycles. The van der Waals surface area contributed by atoms with E-state index >= 15 is 0 Å². The van der Waals surface area contributed by atoms with Crippen molar-refractivity contribution in [1.82, 2.24) is 0 Å². The Morgan fingerprint density at radius 1 is 1.17 bits per heavy atom. The standard InChI is InChI=1S/C10H13NS/c12-11-10-7-3-5-8-4-1-2-6-9(8)10/h3,5,7,11-12H,1-2,4,6H2. The van der Waals surface area contributed by atoms with Gasteiger partial charge in [-0.05, 0) is 42.9 Å². The molecule has 2 rings (SSSR count). The molecule has 12 heavy (non-hydrogen) atoms. The lowest BCUT2D eigenvalue weighted by atomic mass is 9.91. The Morgan fingerprint density at radius 3 is 2.83 bits per heavy atom. The van der Waals surface area contributed by atoms with Crippen molar-refractivity contribution in [2.24, 2.45) is 0 Å². The zero-order valence-corrected chi connectivity index (χ0v) is 7.90. The van der Waals surface area contributed by atoms with Gasteiger partial charge >= 0.3 is 0 Å². The maximum absolute atomic E-state index is 4.09. The molecule has 0 aliphatic heterocycles. The number of hydrogen-bond donors (Lipinski definition) is 2. The fourth-order valence-corrected chi connectivity index (χ4v) is 2.10. The van der Waals surface area contributed by atoms with Crippen LogP contribution in [0.2, 0.25) is 0 Å². The van der Waals surface area contributed by atoms with Crippen molar-refractivity contribution >= 4 is 18.5 Å². The number of benzene rings is 1. The number of rotatable bonds is 1.